The maximum atomic E-state index is 12.0. The molecule has 1 aromatic rings. The third kappa shape index (κ3) is 5.07. The number of benzene rings is 1. The Hall–Kier alpha value is -1.92. The third-order valence-corrected chi connectivity index (χ3v) is 2.51. The van der Waals surface area contributed by atoms with Gasteiger partial charge in [0.1, 0.15) is 6.04 Å². The largest absolute Gasteiger partial charge is 0.383 e. The molecule has 6 nitrogen and oxygen atoms in total. The van der Waals surface area contributed by atoms with Crippen molar-refractivity contribution in [1.29, 1.82) is 0 Å². The van der Waals surface area contributed by atoms with Gasteiger partial charge in [-0.2, -0.15) is 0 Å². The van der Waals surface area contributed by atoms with Gasteiger partial charge in [-0.3, -0.25) is 15.4 Å². The fourth-order valence-electron chi connectivity index (χ4n) is 1.75. The fraction of sp³-hybridized carbons (Fsp3) is 0.385. The number of rotatable bonds is 6. The predicted molar refractivity (Wildman–Crippen MR) is 71.4 cm³/mol. The summed E-state index contributed by atoms with van der Waals surface area (Å²) in [7, 11) is 1.58. The van der Waals surface area contributed by atoms with Crippen LogP contribution in [0.1, 0.15) is 18.5 Å². The second-order valence-electron chi connectivity index (χ2n) is 4.22. The second-order valence-corrected chi connectivity index (χ2v) is 4.22. The molecular formula is C13H19N3O3. The van der Waals surface area contributed by atoms with Crippen LogP contribution in [0.5, 0.6) is 0 Å². The molecule has 0 aliphatic heterocycles. The molecule has 0 radical (unpaired) electrons. The smallest absolute Gasteiger partial charge is 0.318 e. The maximum Gasteiger partial charge on any atom is 0.318 e. The van der Waals surface area contributed by atoms with Crippen molar-refractivity contribution < 1.29 is 14.3 Å². The zero-order valence-corrected chi connectivity index (χ0v) is 11.1. The minimum atomic E-state index is -0.868. The van der Waals surface area contributed by atoms with Gasteiger partial charge in [0.15, 0.2) is 0 Å². The zero-order chi connectivity index (χ0) is 14.3. The molecule has 104 valence electrons. The van der Waals surface area contributed by atoms with E-state index in [1.165, 1.54) is 0 Å². The van der Waals surface area contributed by atoms with Crippen LogP contribution in [-0.2, 0) is 9.53 Å². The Morgan fingerprint density at radius 1 is 1.32 bits per heavy atom. The molecule has 6 heteroatoms. The van der Waals surface area contributed by atoms with Crippen LogP contribution in [0.3, 0.4) is 0 Å². The summed E-state index contributed by atoms with van der Waals surface area (Å²) in [4.78, 5) is 22.8. The van der Waals surface area contributed by atoms with E-state index >= 15 is 0 Å². The van der Waals surface area contributed by atoms with E-state index in [0.717, 1.165) is 5.56 Å². The first-order valence-corrected chi connectivity index (χ1v) is 5.94. The average Bonchev–Trinajstić information content (AvgIpc) is 2.36. The van der Waals surface area contributed by atoms with Gasteiger partial charge in [0, 0.05) is 13.2 Å². The monoisotopic (exact) mass is 265 g/mol. The molecule has 0 bridgehead atoms. The van der Waals surface area contributed by atoms with Gasteiger partial charge in [0.05, 0.1) is 6.61 Å². The summed E-state index contributed by atoms with van der Waals surface area (Å²) in [5.41, 5.74) is 5.73. The molecule has 0 saturated carbocycles. The summed E-state index contributed by atoms with van der Waals surface area (Å²) < 4.78 is 5.02. The summed E-state index contributed by atoms with van der Waals surface area (Å²) >= 11 is 0. The summed E-state index contributed by atoms with van der Waals surface area (Å²) in [6.45, 7) is 2.34. The van der Waals surface area contributed by atoms with Crippen LogP contribution in [0.2, 0.25) is 0 Å². The van der Waals surface area contributed by atoms with E-state index in [1.54, 1.807) is 19.2 Å². The van der Waals surface area contributed by atoms with E-state index in [4.69, 9.17) is 10.5 Å². The van der Waals surface area contributed by atoms with Crippen LogP contribution in [0, 0.1) is 0 Å². The molecule has 1 aromatic carbocycles. The quantitative estimate of drug-likeness (QED) is 0.700. The lowest BCUT2D eigenvalue weighted by molar-refractivity contribution is -0.122. The molecule has 0 aliphatic carbocycles. The number of amides is 3. The maximum absolute atomic E-state index is 12.0. The van der Waals surface area contributed by atoms with Crippen LogP contribution >= 0.6 is 0 Å². The Morgan fingerprint density at radius 3 is 2.47 bits per heavy atom. The second kappa shape index (κ2) is 7.50. The molecule has 19 heavy (non-hydrogen) atoms. The van der Waals surface area contributed by atoms with Crippen LogP contribution in [0.25, 0.3) is 0 Å². The van der Waals surface area contributed by atoms with E-state index in [1.807, 2.05) is 25.1 Å². The zero-order valence-electron chi connectivity index (χ0n) is 11.1. The molecule has 0 fully saturated rings. The van der Waals surface area contributed by atoms with Crippen molar-refractivity contribution in [3.63, 3.8) is 0 Å². The lowest BCUT2D eigenvalue weighted by atomic mass is 10.1. The third-order valence-electron chi connectivity index (χ3n) is 2.51. The van der Waals surface area contributed by atoms with Gasteiger partial charge >= 0.3 is 6.03 Å². The normalized spacial score (nSPS) is 13.6. The molecule has 0 aromatic heterocycles. The average molecular weight is 265 g/mol. The number of primary amides is 1. The molecule has 0 unspecified atom stereocenters. The lowest BCUT2D eigenvalue weighted by Gasteiger charge is -2.22. The highest BCUT2D eigenvalue weighted by Crippen LogP contribution is 2.13. The Balaban J connectivity index is 2.85. The summed E-state index contributed by atoms with van der Waals surface area (Å²) in [6, 6.07) is 7.53. The Morgan fingerprint density at radius 2 is 1.95 bits per heavy atom. The fourth-order valence-corrected chi connectivity index (χ4v) is 1.75. The van der Waals surface area contributed by atoms with E-state index in [0.29, 0.717) is 6.61 Å². The number of imide groups is 1. The van der Waals surface area contributed by atoms with Gasteiger partial charge in [-0.25, -0.2) is 4.79 Å². The molecule has 0 heterocycles. The van der Waals surface area contributed by atoms with E-state index < -0.39 is 18.0 Å². The number of nitrogens with two attached hydrogens (primary N) is 1. The number of carbonyl (C=O) groups excluding carboxylic acids is 2. The Labute approximate surface area is 112 Å². The van der Waals surface area contributed by atoms with Crippen molar-refractivity contribution in [3.8, 4) is 0 Å². The molecule has 3 amide bonds. The van der Waals surface area contributed by atoms with Crippen molar-refractivity contribution in [2.24, 2.45) is 5.73 Å². The Bertz CT molecular complexity index is 422. The summed E-state index contributed by atoms with van der Waals surface area (Å²) in [6.07, 6.45) is 0. The summed E-state index contributed by atoms with van der Waals surface area (Å²) in [5.74, 6) is -0.485. The van der Waals surface area contributed by atoms with Gasteiger partial charge in [0.25, 0.3) is 0 Å². The van der Waals surface area contributed by atoms with Crippen LogP contribution in [0.4, 0.5) is 4.79 Å². The minimum Gasteiger partial charge on any atom is -0.383 e. The highest BCUT2D eigenvalue weighted by molar-refractivity contribution is 5.96. The van der Waals surface area contributed by atoms with Crippen LogP contribution in [0.15, 0.2) is 30.3 Å². The van der Waals surface area contributed by atoms with Gasteiger partial charge in [-0.05, 0) is 12.5 Å². The first kappa shape index (κ1) is 15.1. The predicted octanol–water partition coefficient (Wildman–Crippen LogP) is 0.547. The van der Waals surface area contributed by atoms with Gasteiger partial charge in [0.2, 0.25) is 5.91 Å². The lowest BCUT2D eigenvalue weighted by Crippen LogP contribution is -2.46. The van der Waals surface area contributed by atoms with Crippen molar-refractivity contribution in [1.82, 2.24) is 10.6 Å². The molecule has 1 rings (SSSR count). The number of urea groups is 1. The van der Waals surface area contributed by atoms with Gasteiger partial charge in [-0.1, -0.05) is 30.3 Å². The summed E-state index contributed by atoms with van der Waals surface area (Å²) in [5, 5.41) is 5.18. The molecule has 0 saturated heterocycles. The van der Waals surface area contributed by atoms with Crippen molar-refractivity contribution in [2.45, 2.75) is 19.0 Å². The van der Waals surface area contributed by atoms with Crippen molar-refractivity contribution in [3.05, 3.63) is 35.9 Å². The molecular weight excluding hydrogens is 246 g/mol. The number of hydrogen-bond acceptors (Lipinski definition) is 4. The highest BCUT2D eigenvalue weighted by atomic mass is 16.5. The van der Waals surface area contributed by atoms with Crippen LogP contribution < -0.4 is 16.4 Å². The first-order valence-electron chi connectivity index (χ1n) is 5.94. The number of carbonyl (C=O) groups is 2. The minimum absolute atomic E-state index is 0.0474. The van der Waals surface area contributed by atoms with Crippen LogP contribution in [-0.4, -0.2) is 31.7 Å². The van der Waals surface area contributed by atoms with Crippen molar-refractivity contribution >= 4 is 11.9 Å². The van der Waals surface area contributed by atoms with E-state index in [-0.39, 0.29) is 6.04 Å². The number of ether oxygens (including phenoxy) is 1. The SMILES string of the molecule is COC[C@H](C)N[C@@H](C(=O)NC(N)=O)c1ccccc1. The van der Waals surface area contributed by atoms with E-state index in [2.05, 4.69) is 10.6 Å². The molecule has 0 spiro atoms. The topological polar surface area (TPSA) is 93.4 Å². The highest BCUT2D eigenvalue weighted by Gasteiger charge is 2.23. The van der Waals surface area contributed by atoms with Gasteiger partial charge < -0.3 is 10.5 Å². The molecule has 0 aliphatic rings. The molecule has 2 atom stereocenters. The Kier molecular flexibility index (Phi) is 5.98. The van der Waals surface area contributed by atoms with Crippen molar-refractivity contribution in [2.75, 3.05) is 13.7 Å². The van der Waals surface area contributed by atoms with Gasteiger partial charge in [-0.15, -0.1) is 0 Å². The van der Waals surface area contributed by atoms with E-state index in [9.17, 15) is 9.59 Å². The number of methoxy groups -OCH3 is 1. The molecule has 4 N–H and O–H groups in total. The number of hydrogen-bond donors (Lipinski definition) is 3. The first-order chi connectivity index (χ1) is 9.04. The standard InChI is InChI=1S/C13H19N3O3/c1-9(8-19-2)15-11(12(17)16-13(14)18)10-6-4-3-5-7-10/h3-7,9,11,15H,8H2,1-2H3,(H3,14,16,17,18)/t9-,11+/m0/s1. The number of nitrogens with one attached hydrogen (secondary N) is 2.